The summed E-state index contributed by atoms with van der Waals surface area (Å²) in [5.41, 5.74) is 0. The predicted octanol–water partition coefficient (Wildman–Crippen LogP) is 2.44. The molecule has 15 heavy (non-hydrogen) atoms. The molecule has 0 aromatic carbocycles. The Kier molecular flexibility index (Phi) is 3.32. The predicted molar refractivity (Wildman–Crippen MR) is 60.2 cm³/mol. The Morgan fingerprint density at radius 1 is 1.47 bits per heavy atom. The number of nitrogens with zero attached hydrogens (tertiary/aromatic N) is 2. The third-order valence-corrected chi connectivity index (χ3v) is 2.99. The molecule has 0 aliphatic carbocycles. The fourth-order valence-corrected chi connectivity index (χ4v) is 2.25. The van der Waals surface area contributed by atoms with Gasteiger partial charge in [0.15, 0.2) is 0 Å². The third kappa shape index (κ3) is 2.78. The van der Waals surface area contributed by atoms with Crippen molar-refractivity contribution in [2.75, 3.05) is 6.61 Å². The van der Waals surface area contributed by atoms with Crippen LogP contribution in [0, 0.1) is 0 Å². The fraction of sp³-hybridized carbons (Fsp3) is 0.182. The van der Waals surface area contributed by atoms with E-state index in [0.29, 0.717) is 0 Å². The highest BCUT2D eigenvalue weighted by atomic mass is 32.1. The summed E-state index contributed by atoms with van der Waals surface area (Å²) in [7, 11) is 0. The topological polar surface area (TPSA) is 37.7 Å². The van der Waals surface area contributed by atoms with Crippen molar-refractivity contribution in [1.29, 1.82) is 0 Å². The second-order valence-electron chi connectivity index (χ2n) is 3.11. The zero-order valence-corrected chi connectivity index (χ0v) is 8.98. The molecule has 0 saturated heterocycles. The van der Waals surface area contributed by atoms with E-state index in [0.717, 1.165) is 11.4 Å². The van der Waals surface area contributed by atoms with Crippen molar-refractivity contribution in [2.45, 2.75) is 6.54 Å². The van der Waals surface area contributed by atoms with Crippen molar-refractivity contribution in [3.63, 3.8) is 0 Å². The van der Waals surface area contributed by atoms with Gasteiger partial charge in [-0.05, 0) is 18.2 Å². The molecule has 0 atom stereocenters. The van der Waals surface area contributed by atoms with E-state index in [1.807, 2.05) is 22.9 Å². The first-order chi connectivity index (χ1) is 7.38. The smallest absolute Gasteiger partial charge is 0.101 e. The molecule has 2 aromatic heterocycles. The van der Waals surface area contributed by atoms with Crippen LogP contribution in [0.2, 0.25) is 0 Å². The SMILES string of the molecule is [O]C/C=C/c1ccc(Cn2ccnc2)s1. The minimum atomic E-state index is -0.158. The van der Waals surface area contributed by atoms with Gasteiger partial charge in [-0.3, -0.25) is 0 Å². The molecule has 0 aliphatic heterocycles. The second-order valence-corrected chi connectivity index (χ2v) is 4.31. The van der Waals surface area contributed by atoms with Crippen molar-refractivity contribution >= 4 is 17.4 Å². The van der Waals surface area contributed by atoms with Crippen LogP contribution in [0.4, 0.5) is 0 Å². The summed E-state index contributed by atoms with van der Waals surface area (Å²) < 4.78 is 2.02. The summed E-state index contributed by atoms with van der Waals surface area (Å²) in [6.07, 6.45) is 9.01. The summed E-state index contributed by atoms with van der Waals surface area (Å²) in [5, 5.41) is 10.3. The van der Waals surface area contributed by atoms with Gasteiger partial charge in [-0.15, -0.1) is 11.3 Å². The van der Waals surface area contributed by atoms with Crippen LogP contribution in [0.25, 0.3) is 6.08 Å². The Morgan fingerprint density at radius 2 is 2.40 bits per heavy atom. The Hall–Kier alpha value is -1.39. The molecule has 0 amide bonds. The maximum absolute atomic E-state index is 10.3. The summed E-state index contributed by atoms with van der Waals surface area (Å²) in [5.74, 6) is 0. The maximum atomic E-state index is 10.3. The minimum Gasteiger partial charge on any atom is -0.332 e. The number of imidazole rings is 1. The summed E-state index contributed by atoms with van der Waals surface area (Å²) in [4.78, 5) is 6.38. The van der Waals surface area contributed by atoms with E-state index in [1.165, 1.54) is 4.88 Å². The van der Waals surface area contributed by atoms with Crippen LogP contribution in [-0.2, 0) is 11.7 Å². The molecule has 0 N–H and O–H groups in total. The molecule has 4 heteroatoms. The molecular formula is C11H11N2OS. The van der Waals surface area contributed by atoms with Crippen LogP contribution in [-0.4, -0.2) is 16.2 Å². The molecule has 0 fully saturated rings. The average molecular weight is 219 g/mol. The van der Waals surface area contributed by atoms with E-state index in [-0.39, 0.29) is 6.61 Å². The lowest BCUT2D eigenvalue weighted by Gasteiger charge is -1.96. The van der Waals surface area contributed by atoms with Gasteiger partial charge in [-0.1, -0.05) is 6.08 Å². The quantitative estimate of drug-likeness (QED) is 0.778. The second kappa shape index (κ2) is 4.91. The van der Waals surface area contributed by atoms with Crippen molar-refractivity contribution < 1.29 is 5.11 Å². The van der Waals surface area contributed by atoms with Gasteiger partial charge in [0, 0.05) is 22.1 Å². The molecule has 0 spiro atoms. The number of thiophene rings is 1. The number of hydrogen-bond acceptors (Lipinski definition) is 2. The summed E-state index contributed by atoms with van der Waals surface area (Å²) >= 11 is 1.70. The van der Waals surface area contributed by atoms with Crippen molar-refractivity contribution in [3.8, 4) is 0 Å². The molecule has 0 unspecified atom stereocenters. The molecule has 0 saturated carbocycles. The van der Waals surface area contributed by atoms with E-state index >= 15 is 0 Å². The van der Waals surface area contributed by atoms with Crippen LogP contribution in [0.15, 0.2) is 36.9 Å². The minimum absolute atomic E-state index is 0.158. The Morgan fingerprint density at radius 3 is 3.13 bits per heavy atom. The van der Waals surface area contributed by atoms with E-state index < -0.39 is 0 Å². The molecule has 0 aliphatic rings. The van der Waals surface area contributed by atoms with Crippen molar-refractivity contribution in [2.24, 2.45) is 0 Å². The van der Waals surface area contributed by atoms with Crippen LogP contribution in [0.3, 0.4) is 0 Å². The van der Waals surface area contributed by atoms with Gasteiger partial charge < -0.3 is 4.57 Å². The zero-order chi connectivity index (χ0) is 10.5. The van der Waals surface area contributed by atoms with E-state index in [2.05, 4.69) is 11.1 Å². The highest BCUT2D eigenvalue weighted by Gasteiger charge is 1.98. The number of hydrogen-bond donors (Lipinski definition) is 0. The average Bonchev–Trinajstić information content (AvgIpc) is 2.87. The molecule has 77 valence electrons. The first-order valence-electron chi connectivity index (χ1n) is 4.67. The number of rotatable bonds is 4. The van der Waals surface area contributed by atoms with Gasteiger partial charge in [-0.2, -0.15) is 0 Å². The van der Waals surface area contributed by atoms with Gasteiger partial charge in [0.2, 0.25) is 0 Å². The molecule has 2 heterocycles. The lowest BCUT2D eigenvalue weighted by Crippen LogP contribution is -1.92. The molecule has 3 nitrogen and oxygen atoms in total. The van der Waals surface area contributed by atoms with E-state index in [1.54, 1.807) is 29.9 Å². The summed E-state index contributed by atoms with van der Waals surface area (Å²) in [6.45, 7) is 0.685. The van der Waals surface area contributed by atoms with Gasteiger partial charge >= 0.3 is 0 Å². The van der Waals surface area contributed by atoms with Crippen LogP contribution in [0.1, 0.15) is 9.75 Å². The van der Waals surface area contributed by atoms with Crippen molar-refractivity contribution in [1.82, 2.24) is 9.55 Å². The standard InChI is InChI=1S/C11H11N2OS/c14-7-1-2-10-3-4-11(15-10)8-13-6-5-12-9-13/h1-6,9H,7-8H2/b2-1+. The normalized spacial score (nSPS) is 11.3. The lowest BCUT2D eigenvalue weighted by molar-refractivity contribution is 0.233. The highest BCUT2D eigenvalue weighted by molar-refractivity contribution is 7.12. The summed E-state index contributed by atoms with van der Waals surface area (Å²) in [6, 6.07) is 4.11. The third-order valence-electron chi connectivity index (χ3n) is 1.96. The molecule has 0 bridgehead atoms. The van der Waals surface area contributed by atoms with E-state index in [9.17, 15) is 5.11 Å². The lowest BCUT2D eigenvalue weighted by atomic mass is 10.4. The number of aromatic nitrogens is 2. The van der Waals surface area contributed by atoms with Crippen molar-refractivity contribution in [3.05, 3.63) is 46.7 Å². The molecule has 2 rings (SSSR count). The van der Waals surface area contributed by atoms with Gasteiger partial charge in [0.05, 0.1) is 12.9 Å². The van der Waals surface area contributed by atoms with Crippen LogP contribution >= 0.6 is 11.3 Å². The van der Waals surface area contributed by atoms with Crippen LogP contribution in [0.5, 0.6) is 0 Å². The molecule has 2 aromatic rings. The van der Waals surface area contributed by atoms with Gasteiger partial charge in [-0.25, -0.2) is 10.1 Å². The molecule has 1 radical (unpaired) electrons. The first-order valence-corrected chi connectivity index (χ1v) is 5.49. The van der Waals surface area contributed by atoms with E-state index in [4.69, 9.17) is 0 Å². The Bertz CT molecular complexity index is 431. The van der Waals surface area contributed by atoms with Gasteiger partial charge in [0.25, 0.3) is 0 Å². The monoisotopic (exact) mass is 219 g/mol. The van der Waals surface area contributed by atoms with Gasteiger partial charge in [0.1, 0.15) is 6.61 Å². The zero-order valence-electron chi connectivity index (χ0n) is 8.17. The first kappa shape index (κ1) is 10.1. The molecular weight excluding hydrogens is 208 g/mol. The Balaban J connectivity index is 2.04. The largest absolute Gasteiger partial charge is 0.332 e. The Labute approximate surface area is 92.3 Å². The maximum Gasteiger partial charge on any atom is 0.101 e. The highest BCUT2D eigenvalue weighted by Crippen LogP contribution is 2.18. The van der Waals surface area contributed by atoms with Crippen LogP contribution < -0.4 is 0 Å². The fourth-order valence-electron chi connectivity index (χ4n) is 1.29.